The quantitative estimate of drug-likeness (QED) is 0.772. The Kier molecular flexibility index (Phi) is 3.82. The molecule has 4 nitrogen and oxygen atoms in total. The minimum atomic E-state index is -0.191. The average molecular weight is 226 g/mol. The third kappa shape index (κ3) is 2.38. The average Bonchev–Trinajstić information content (AvgIpc) is 2.62. The summed E-state index contributed by atoms with van der Waals surface area (Å²) in [6, 6.07) is 0.424. The number of nitrogens with one attached hydrogen (secondary N) is 1. The number of likely N-dealkylation sites (tertiary alicyclic amines) is 1. The van der Waals surface area contributed by atoms with Crippen molar-refractivity contribution >= 4 is 5.91 Å². The first-order valence-corrected chi connectivity index (χ1v) is 6.30. The van der Waals surface area contributed by atoms with Gasteiger partial charge < -0.3 is 15.0 Å². The number of rotatable bonds is 3. The topological polar surface area (TPSA) is 41.6 Å². The molecule has 92 valence electrons. The summed E-state index contributed by atoms with van der Waals surface area (Å²) in [5.41, 5.74) is 0. The van der Waals surface area contributed by atoms with E-state index in [0.717, 1.165) is 25.8 Å². The van der Waals surface area contributed by atoms with Crippen molar-refractivity contribution in [3.8, 4) is 0 Å². The predicted molar refractivity (Wildman–Crippen MR) is 62.2 cm³/mol. The minimum absolute atomic E-state index is 0.153. The molecule has 1 aliphatic heterocycles. The third-order valence-corrected chi connectivity index (χ3v) is 3.79. The summed E-state index contributed by atoms with van der Waals surface area (Å²) in [6.45, 7) is 0.834. The summed E-state index contributed by atoms with van der Waals surface area (Å²) in [5.74, 6) is 0.153. The van der Waals surface area contributed by atoms with Gasteiger partial charge in [0.1, 0.15) is 6.10 Å². The fourth-order valence-corrected chi connectivity index (χ4v) is 2.72. The molecular formula is C12H22N2O2. The van der Waals surface area contributed by atoms with Crippen LogP contribution in [0.3, 0.4) is 0 Å². The first-order valence-electron chi connectivity index (χ1n) is 6.30. The highest BCUT2D eigenvalue weighted by molar-refractivity contribution is 5.82. The number of likely N-dealkylation sites (N-methyl/N-ethyl adjacent to an activating group) is 2. The molecule has 3 unspecified atom stereocenters. The molecule has 0 aromatic heterocycles. The van der Waals surface area contributed by atoms with Crippen LogP contribution in [0.25, 0.3) is 0 Å². The number of nitrogens with zero attached hydrogens (tertiary/aromatic N) is 1. The van der Waals surface area contributed by atoms with Gasteiger partial charge in [0.15, 0.2) is 0 Å². The Morgan fingerprint density at radius 2 is 2.06 bits per heavy atom. The Bertz CT molecular complexity index is 257. The Balaban J connectivity index is 1.90. The fraction of sp³-hybridized carbons (Fsp3) is 0.917. The molecule has 0 spiro atoms. The number of hydrogen-bond acceptors (Lipinski definition) is 3. The van der Waals surface area contributed by atoms with E-state index in [4.69, 9.17) is 4.74 Å². The summed E-state index contributed by atoms with van der Waals surface area (Å²) >= 11 is 0. The molecule has 2 rings (SSSR count). The van der Waals surface area contributed by atoms with Gasteiger partial charge in [-0.05, 0) is 19.9 Å². The molecule has 3 atom stereocenters. The highest BCUT2D eigenvalue weighted by Crippen LogP contribution is 2.24. The molecular weight excluding hydrogens is 204 g/mol. The van der Waals surface area contributed by atoms with Crippen LogP contribution in [0.4, 0.5) is 0 Å². The molecule has 2 aliphatic rings. The van der Waals surface area contributed by atoms with E-state index in [1.807, 2.05) is 14.1 Å². The number of carbonyl (C=O) groups is 1. The van der Waals surface area contributed by atoms with Gasteiger partial charge in [0.25, 0.3) is 5.91 Å². The highest BCUT2D eigenvalue weighted by atomic mass is 16.5. The maximum atomic E-state index is 11.8. The highest BCUT2D eigenvalue weighted by Gasteiger charge is 2.34. The molecule has 4 heteroatoms. The zero-order valence-electron chi connectivity index (χ0n) is 10.2. The molecule has 2 fully saturated rings. The van der Waals surface area contributed by atoms with Gasteiger partial charge in [0.05, 0.1) is 6.10 Å². The standard InChI is InChI=1S/C12H22N2O2/c1-13-9-5-3-4-6-10(9)16-11-7-8-14(2)12(11)15/h9-11,13H,3-8H2,1-2H3. The molecule has 1 heterocycles. The molecule has 1 saturated heterocycles. The number of amides is 1. The lowest BCUT2D eigenvalue weighted by Gasteiger charge is -2.32. The van der Waals surface area contributed by atoms with Crippen LogP contribution in [0.2, 0.25) is 0 Å². The van der Waals surface area contributed by atoms with Crippen LogP contribution in [0, 0.1) is 0 Å². The van der Waals surface area contributed by atoms with E-state index in [1.54, 1.807) is 4.90 Å². The molecule has 1 aliphatic carbocycles. The van der Waals surface area contributed by atoms with Crippen LogP contribution in [0.15, 0.2) is 0 Å². The molecule has 0 aromatic carbocycles. The second-order valence-electron chi connectivity index (χ2n) is 4.89. The Hall–Kier alpha value is -0.610. The van der Waals surface area contributed by atoms with Crippen molar-refractivity contribution < 1.29 is 9.53 Å². The smallest absolute Gasteiger partial charge is 0.251 e. The number of carbonyl (C=O) groups excluding carboxylic acids is 1. The van der Waals surface area contributed by atoms with E-state index >= 15 is 0 Å². The van der Waals surface area contributed by atoms with Crippen molar-refractivity contribution in [3.05, 3.63) is 0 Å². The summed E-state index contributed by atoms with van der Waals surface area (Å²) < 4.78 is 5.98. The Morgan fingerprint density at radius 1 is 1.31 bits per heavy atom. The van der Waals surface area contributed by atoms with Crippen LogP contribution < -0.4 is 5.32 Å². The van der Waals surface area contributed by atoms with E-state index in [2.05, 4.69) is 5.32 Å². The molecule has 1 saturated carbocycles. The van der Waals surface area contributed by atoms with Gasteiger partial charge in [-0.3, -0.25) is 4.79 Å². The summed E-state index contributed by atoms with van der Waals surface area (Å²) in [4.78, 5) is 13.5. The zero-order valence-corrected chi connectivity index (χ0v) is 10.2. The van der Waals surface area contributed by atoms with Gasteiger partial charge in [-0.15, -0.1) is 0 Å². The van der Waals surface area contributed by atoms with Crippen LogP contribution in [-0.4, -0.2) is 49.7 Å². The van der Waals surface area contributed by atoms with Crippen LogP contribution in [0.1, 0.15) is 32.1 Å². The number of ether oxygens (including phenoxy) is 1. The van der Waals surface area contributed by atoms with E-state index < -0.39 is 0 Å². The zero-order chi connectivity index (χ0) is 11.5. The van der Waals surface area contributed by atoms with Crippen molar-refractivity contribution in [2.24, 2.45) is 0 Å². The SMILES string of the molecule is CNC1CCCCC1OC1CCN(C)C1=O. The molecule has 1 N–H and O–H groups in total. The first-order chi connectivity index (χ1) is 7.72. The monoisotopic (exact) mass is 226 g/mol. The van der Waals surface area contributed by atoms with Crippen molar-refractivity contribution in [3.63, 3.8) is 0 Å². The van der Waals surface area contributed by atoms with E-state index in [0.29, 0.717) is 6.04 Å². The van der Waals surface area contributed by atoms with E-state index in [9.17, 15) is 4.79 Å². The van der Waals surface area contributed by atoms with Gasteiger partial charge >= 0.3 is 0 Å². The first kappa shape index (κ1) is 11.9. The molecule has 16 heavy (non-hydrogen) atoms. The van der Waals surface area contributed by atoms with Crippen LogP contribution >= 0.6 is 0 Å². The molecule has 1 amide bonds. The molecule has 0 radical (unpaired) electrons. The van der Waals surface area contributed by atoms with Crippen LogP contribution in [0.5, 0.6) is 0 Å². The van der Waals surface area contributed by atoms with E-state index in [-0.39, 0.29) is 18.1 Å². The maximum Gasteiger partial charge on any atom is 0.251 e. The lowest BCUT2D eigenvalue weighted by Crippen LogP contribution is -2.44. The van der Waals surface area contributed by atoms with Crippen molar-refractivity contribution in [1.82, 2.24) is 10.2 Å². The minimum Gasteiger partial charge on any atom is -0.363 e. The predicted octanol–water partition coefficient (Wildman–Crippen LogP) is 0.764. The fourth-order valence-electron chi connectivity index (χ4n) is 2.72. The Labute approximate surface area is 97.3 Å². The molecule has 0 aromatic rings. The van der Waals surface area contributed by atoms with Crippen molar-refractivity contribution in [2.45, 2.75) is 50.4 Å². The largest absolute Gasteiger partial charge is 0.363 e. The van der Waals surface area contributed by atoms with Gasteiger partial charge in [-0.1, -0.05) is 12.8 Å². The van der Waals surface area contributed by atoms with Gasteiger partial charge in [-0.2, -0.15) is 0 Å². The molecule has 0 bridgehead atoms. The second kappa shape index (κ2) is 5.15. The Morgan fingerprint density at radius 3 is 2.69 bits per heavy atom. The van der Waals surface area contributed by atoms with Gasteiger partial charge in [0.2, 0.25) is 0 Å². The van der Waals surface area contributed by atoms with Crippen molar-refractivity contribution in [2.75, 3.05) is 20.6 Å². The van der Waals surface area contributed by atoms with Gasteiger partial charge in [0, 0.05) is 26.1 Å². The third-order valence-electron chi connectivity index (χ3n) is 3.79. The van der Waals surface area contributed by atoms with Crippen molar-refractivity contribution in [1.29, 1.82) is 0 Å². The summed E-state index contributed by atoms with van der Waals surface area (Å²) in [5, 5.41) is 3.30. The second-order valence-corrected chi connectivity index (χ2v) is 4.89. The van der Waals surface area contributed by atoms with Gasteiger partial charge in [-0.25, -0.2) is 0 Å². The maximum absolute atomic E-state index is 11.8. The van der Waals surface area contributed by atoms with Crippen LogP contribution in [-0.2, 0) is 9.53 Å². The number of hydrogen-bond donors (Lipinski definition) is 1. The summed E-state index contributed by atoms with van der Waals surface area (Å²) in [6.07, 6.45) is 5.62. The lowest BCUT2D eigenvalue weighted by atomic mass is 9.92. The normalized spacial score (nSPS) is 35.8. The summed E-state index contributed by atoms with van der Waals surface area (Å²) in [7, 11) is 3.83. The van der Waals surface area contributed by atoms with E-state index in [1.165, 1.54) is 12.8 Å². The lowest BCUT2D eigenvalue weighted by molar-refractivity contribution is -0.141.